The second-order valence-corrected chi connectivity index (χ2v) is 13.4. The molecule has 0 aliphatic carbocycles. The van der Waals surface area contributed by atoms with Crippen LogP contribution in [0.5, 0.6) is 0 Å². The number of fused-ring (bicyclic) bond motifs is 1. The maximum atomic E-state index is 15.7. The second-order valence-electron chi connectivity index (χ2n) is 11.3. The van der Waals surface area contributed by atoms with Crippen LogP contribution in [0.4, 0.5) is 33.3 Å². The van der Waals surface area contributed by atoms with E-state index >= 15 is 13.2 Å². The van der Waals surface area contributed by atoms with Crippen molar-refractivity contribution in [2.45, 2.75) is 64.3 Å². The maximum Gasteiger partial charge on any atom is 0.232 e. The standard InChI is InChI=1S/C28H37F5N4O2S/c1-5-40(38,39)35-24-8-7-20-21(26(24)32)11-17(2)37(16-28(3,4)33)27(20)25-22(30)12-18(13-23(25)31)34-19-14-36(15-19)10-6-9-29/h7-8,12-13,17,19,27,34-35H,5-6,9-11,14-16H2,1-4H3/t17-,27+/m1/s1. The molecule has 2 heterocycles. The molecule has 0 bridgehead atoms. The highest BCUT2D eigenvalue weighted by atomic mass is 32.2. The Kier molecular flexibility index (Phi) is 9.01. The molecule has 2 aliphatic heterocycles. The van der Waals surface area contributed by atoms with Crippen molar-refractivity contribution in [1.82, 2.24) is 9.80 Å². The van der Waals surface area contributed by atoms with Crippen molar-refractivity contribution in [3.05, 3.63) is 58.4 Å². The molecule has 0 aromatic heterocycles. The number of halogens is 5. The first-order valence-corrected chi connectivity index (χ1v) is 15.2. The van der Waals surface area contributed by atoms with Crippen molar-refractivity contribution in [1.29, 1.82) is 0 Å². The number of hydrogen-bond donors (Lipinski definition) is 2. The molecular weight excluding hydrogens is 551 g/mol. The van der Waals surface area contributed by atoms with Gasteiger partial charge in [-0.3, -0.25) is 18.9 Å². The highest BCUT2D eigenvalue weighted by molar-refractivity contribution is 7.92. The van der Waals surface area contributed by atoms with Crippen LogP contribution in [0.25, 0.3) is 0 Å². The Bertz CT molecular complexity index is 1310. The lowest BCUT2D eigenvalue weighted by Gasteiger charge is -2.44. The maximum absolute atomic E-state index is 15.7. The molecular formula is C28H37F5N4O2S. The molecule has 0 amide bonds. The average molecular weight is 589 g/mol. The molecule has 2 aliphatic rings. The number of nitrogens with one attached hydrogen (secondary N) is 2. The molecule has 6 nitrogen and oxygen atoms in total. The second kappa shape index (κ2) is 11.8. The first-order valence-electron chi connectivity index (χ1n) is 13.5. The summed E-state index contributed by atoms with van der Waals surface area (Å²) in [5, 5.41) is 3.10. The minimum Gasteiger partial charge on any atom is -0.380 e. The molecule has 1 saturated heterocycles. The van der Waals surface area contributed by atoms with Gasteiger partial charge in [-0.05, 0) is 69.9 Å². The summed E-state index contributed by atoms with van der Waals surface area (Å²) < 4.78 is 101. The minimum absolute atomic E-state index is 0.0389. The summed E-state index contributed by atoms with van der Waals surface area (Å²) >= 11 is 0. The van der Waals surface area contributed by atoms with Gasteiger partial charge in [-0.1, -0.05) is 6.07 Å². The van der Waals surface area contributed by atoms with Gasteiger partial charge in [0.1, 0.15) is 17.3 Å². The molecule has 4 rings (SSSR count). The Hall–Kier alpha value is -2.44. The van der Waals surface area contributed by atoms with Crippen LogP contribution in [-0.2, 0) is 16.4 Å². The van der Waals surface area contributed by atoms with E-state index in [9.17, 15) is 17.2 Å². The van der Waals surface area contributed by atoms with Gasteiger partial charge < -0.3 is 5.32 Å². The lowest BCUT2D eigenvalue weighted by Crippen LogP contribution is -2.54. The fourth-order valence-corrected chi connectivity index (χ4v) is 6.20. The Morgan fingerprint density at radius 1 is 1.10 bits per heavy atom. The van der Waals surface area contributed by atoms with Gasteiger partial charge in [0.25, 0.3) is 0 Å². The molecule has 0 unspecified atom stereocenters. The predicted octanol–water partition coefficient (Wildman–Crippen LogP) is 5.41. The molecule has 0 spiro atoms. The van der Waals surface area contributed by atoms with Gasteiger partial charge in [-0.25, -0.2) is 26.0 Å². The highest BCUT2D eigenvalue weighted by Crippen LogP contribution is 2.43. The van der Waals surface area contributed by atoms with Gasteiger partial charge in [0.15, 0.2) is 5.82 Å². The predicted molar refractivity (Wildman–Crippen MR) is 147 cm³/mol. The normalized spacial score (nSPS) is 20.7. The number of sulfonamides is 1. The van der Waals surface area contributed by atoms with E-state index in [1.54, 1.807) is 11.8 Å². The molecule has 40 heavy (non-hydrogen) atoms. The van der Waals surface area contributed by atoms with Gasteiger partial charge in [-0.2, -0.15) is 0 Å². The molecule has 222 valence electrons. The van der Waals surface area contributed by atoms with Crippen LogP contribution in [0, 0.1) is 17.5 Å². The quantitative estimate of drug-likeness (QED) is 0.344. The average Bonchev–Trinajstić information content (AvgIpc) is 2.83. The third kappa shape index (κ3) is 6.71. The summed E-state index contributed by atoms with van der Waals surface area (Å²) in [7, 11) is -3.77. The highest BCUT2D eigenvalue weighted by Gasteiger charge is 2.41. The van der Waals surface area contributed by atoms with E-state index < -0.39 is 51.9 Å². The molecule has 2 aromatic rings. The van der Waals surface area contributed by atoms with Crippen LogP contribution in [-0.4, -0.2) is 74.6 Å². The summed E-state index contributed by atoms with van der Waals surface area (Å²) in [6.45, 7) is 7.18. The van der Waals surface area contributed by atoms with E-state index in [1.165, 1.54) is 45.0 Å². The van der Waals surface area contributed by atoms with Crippen molar-refractivity contribution in [2.75, 3.05) is 48.6 Å². The SMILES string of the molecule is CCS(=O)(=O)Nc1ccc2c(c1F)C[C@@H](C)N(CC(C)(C)F)[C@@H]2c1c(F)cc(NC2CN(CCCF)C2)cc1F. The van der Waals surface area contributed by atoms with E-state index in [0.717, 1.165) is 0 Å². The molecule has 2 N–H and O–H groups in total. The first kappa shape index (κ1) is 30.5. The van der Waals surface area contributed by atoms with Crippen LogP contribution >= 0.6 is 0 Å². The molecule has 1 fully saturated rings. The smallest absolute Gasteiger partial charge is 0.232 e. The first-order chi connectivity index (χ1) is 18.7. The van der Waals surface area contributed by atoms with Crippen LogP contribution in [0.15, 0.2) is 24.3 Å². The van der Waals surface area contributed by atoms with E-state index in [2.05, 4.69) is 10.0 Å². The summed E-state index contributed by atoms with van der Waals surface area (Å²) in [5.41, 5.74) is -1.67. The van der Waals surface area contributed by atoms with Crippen molar-refractivity contribution in [3.63, 3.8) is 0 Å². The summed E-state index contributed by atoms with van der Waals surface area (Å²) in [5.74, 6) is -2.79. The molecule has 0 saturated carbocycles. The molecule has 2 aromatic carbocycles. The van der Waals surface area contributed by atoms with Crippen molar-refractivity contribution in [3.8, 4) is 0 Å². The lowest BCUT2D eigenvalue weighted by molar-refractivity contribution is 0.0646. The molecule has 12 heteroatoms. The fourth-order valence-electron chi connectivity index (χ4n) is 5.56. The Labute approximate surface area is 233 Å². The number of nitrogens with zero attached hydrogens (tertiary/aromatic N) is 2. The van der Waals surface area contributed by atoms with Crippen molar-refractivity contribution < 1.29 is 30.4 Å². The summed E-state index contributed by atoms with van der Waals surface area (Å²) in [6.07, 6.45) is 0.531. The number of hydrogen-bond acceptors (Lipinski definition) is 5. The number of benzene rings is 2. The Morgan fingerprint density at radius 2 is 1.75 bits per heavy atom. The number of alkyl halides is 2. The Balaban J connectivity index is 1.71. The largest absolute Gasteiger partial charge is 0.380 e. The van der Waals surface area contributed by atoms with Gasteiger partial charge >= 0.3 is 0 Å². The topological polar surface area (TPSA) is 64.7 Å². The van der Waals surface area contributed by atoms with Gasteiger partial charge in [-0.15, -0.1) is 0 Å². The number of likely N-dealkylation sites (tertiary alicyclic amines) is 1. The minimum atomic E-state index is -3.77. The Morgan fingerprint density at radius 3 is 2.33 bits per heavy atom. The van der Waals surface area contributed by atoms with Gasteiger partial charge in [0, 0.05) is 43.5 Å². The van der Waals surface area contributed by atoms with Crippen LogP contribution in [0.2, 0.25) is 0 Å². The zero-order valence-corrected chi connectivity index (χ0v) is 24.0. The van der Waals surface area contributed by atoms with Gasteiger partial charge in [0.05, 0.1) is 30.2 Å². The van der Waals surface area contributed by atoms with Crippen molar-refractivity contribution >= 4 is 21.4 Å². The third-order valence-corrected chi connectivity index (χ3v) is 8.75. The summed E-state index contributed by atoms with van der Waals surface area (Å²) in [6, 6.07) is 3.35. The molecule has 2 atom stereocenters. The lowest BCUT2D eigenvalue weighted by atomic mass is 9.83. The van der Waals surface area contributed by atoms with E-state index in [-0.39, 0.29) is 52.8 Å². The van der Waals surface area contributed by atoms with Crippen molar-refractivity contribution in [2.24, 2.45) is 0 Å². The van der Waals surface area contributed by atoms with Crippen LogP contribution in [0.3, 0.4) is 0 Å². The molecule has 0 radical (unpaired) electrons. The summed E-state index contributed by atoms with van der Waals surface area (Å²) in [4.78, 5) is 3.67. The van der Waals surface area contributed by atoms with Crippen LogP contribution in [0.1, 0.15) is 56.8 Å². The van der Waals surface area contributed by atoms with Gasteiger partial charge in [0.2, 0.25) is 10.0 Å². The van der Waals surface area contributed by atoms with E-state index in [4.69, 9.17) is 0 Å². The zero-order valence-electron chi connectivity index (χ0n) is 23.2. The van der Waals surface area contributed by atoms with Crippen LogP contribution < -0.4 is 10.0 Å². The number of rotatable bonds is 11. The third-order valence-electron chi connectivity index (χ3n) is 7.46. The van der Waals surface area contributed by atoms with E-state index in [1.807, 2.05) is 4.90 Å². The monoisotopic (exact) mass is 588 g/mol. The van der Waals surface area contributed by atoms with E-state index in [0.29, 0.717) is 26.1 Å². The number of anilines is 2. The fraction of sp³-hybridized carbons (Fsp3) is 0.571. The zero-order chi connectivity index (χ0) is 29.4.